The van der Waals surface area contributed by atoms with Crippen LogP contribution in [0.25, 0.3) is 0 Å². The maximum Gasteiger partial charge on any atom is 0.311 e. The van der Waals surface area contributed by atoms with Gasteiger partial charge in [0.25, 0.3) is 0 Å². The molecule has 4 nitrogen and oxygen atoms in total. The minimum absolute atomic E-state index is 0.0573. The highest BCUT2D eigenvalue weighted by Gasteiger charge is 2.24. The summed E-state index contributed by atoms with van der Waals surface area (Å²) in [5, 5.41) is 11.0. The Morgan fingerprint density at radius 2 is 2.16 bits per heavy atom. The van der Waals surface area contributed by atoms with E-state index in [1.54, 1.807) is 12.1 Å². The third-order valence-corrected chi connectivity index (χ3v) is 4.96. The van der Waals surface area contributed by atoms with Crippen LogP contribution in [-0.4, -0.2) is 16.9 Å². The van der Waals surface area contributed by atoms with E-state index in [2.05, 4.69) is 15.9 Å². The van der Waals surface area contributed by atoms with Crippen molar-refractivity contribution >= 4 is 21.6 Å². The van der Waals surface area contributed by atoms with Gasteiger partial charge < -0.3 is 4.74 Å². The van der Waals surface area contributed by atoms with Gasteiger partial charge in [-0.25, -0.2) is 0 Å². The number of hydrogen-bond acceptors (Lipinski definition) is 3. The monoisotopic (exact) mass is 327 g/mol. The van der Waals surface area contributed by atoms with Gasteiger partial charge in [0, 0.05) is 10.9 Å². The smallest absolute Gasteiger partial charge is 0.311 e. The zero-order valence-corrected chi connectivity index (χ0v) is 12.6. The molecule has 0 radical (unpaired) electrons. The van der Waals surface area contributed by atoms with Crippen LogP contribution in [0.4, 0.5) is 5.69 Å². The van der Waals surface area contributed by atoms with Crippen LogP contribution in [-0.2, 0) is 6.42 Å². The standard InChI is InChI=1S/C14H18BrNO3/c1-19-14-7-6-10(9-13(14)16(17)18)8-11-4-2-3-5-12(11)15/h6-7,9,11-12H,2-5,8H2,1H3. The second-order valence-corrected chi connectivity index (χ2v) is 6.20. The predicted molar refractivity (Wildman–Crippen MR) is 78.0 cm³/mol. The summed E-state index contributed by atoms with van der Waals surface area (Å²) >= 11 is 3.73. The van der Waals surface area contributed by atoms with Crippen molar-refractivity contribution in [1.82, 2.24) is 0 Å². The first kappa shape index (κ1) is 14.3. The summed E-state index contributed by atoms with van der Waals surface area (Å²) in [6.45, 7) is 0. The molecule has 0 amide bonds. The SMILES string of the molecule is COc1ccc(CC2CCCCC2Br)cc1[N+](=O)[O-]. The van der Waals surface area contributed by atoms with Crippen molar-refractivity contribution in [3.8, 4) is 5.75 Å². The van der Waals surface area contributed by atoms with E-state index in [-0.39, 0.29) is 10.6 Å². The van der Waals surface area contributed by atoms with Gasteiger partial charge in [0.15, 0.2) is 5.75 Å². The number of nitro groups is 1. The van der Waals surface area contributed by atoms with Gasteiger partial charge >= 0.3 is 5.69 Å². The van der Waals surface area contributed by atoms with Crippen LogP contribution >= 0.6 is 15.9 Å². The lowest BCUT2D eigenvalue weighted by molar-refractivity contribution is -0.385. The summed E-state index contributed by atoms with van der Waals surface area (Å²) in [4.78, 5) is 11.2. The summed E-state index contributed by atoms with van der Waals surface area (Å²) in [6.07, 6.45) is 5.81. The van der Waals surface area contributed by atoms with E-state index in [0.717, 1.165) is 12.0 Å². The molecule has 2 unspecified atom stereocenters. The second kappa shape index (κ2) is 6.37. The van der Waals surface area contributed by atoms with Gasteiger partial charge in [0.2, 0.25) is 0 Å². The van der Waals surface area contributed by atoms with Gasteiger partial charge in [-0.3, -0.25) is 10.1 Å². The number of halogens is 1. The Morgan fingerprint density at radius 1 is 1.42 bits per heavy atom. The van der Waals surface area contributed by atoms with Crippen molar-refractivity contribution in [3.05, 3.63) is 33.9 Å². The third kappa shape index (κ3) is 3.47. The maximum absolute atomic E-state index is 11.0. The first-order chi connectivity index (χ1) is 9.11. The van der Waals surface area contributed by atoms with E-state index in [1.807, 2.05) is 6.07 Å². The Labute approximate surface area is 121 Å². The van der Waals surface area contributed by atoms with Crippen molar-refractivity contribution in [3.63, 3.8) is 0 Å². The molecule has 2 atom stereocenters. The van der Waals surface area contributed by atoms with E-state index < -0.39 is 0 Å². The molecule has 0 saturated heterocycles. The molecule has 0 aliphatic heterocycles. The van der Waals surface area contributed by atoms with Gasteiger partial charge in [-0.2, -0.15) is 0 Å². The quantitative estimate of drug-likeness (QED) is 0.475. The van der Waals surface area contributed by atoms with E-state index in [9.17, 15) is 10.1 Å². The minimum Gasteiger partial charge on any atom is -0.490 e. The molecule has 0 bridgehead atoms. The molecule has 1 aromatic carbocycles. The summed E-state index contributed by atoms with van der Waals surface area (Å²) in [6, 6.07) is 5.27. The average molecular weight is 328 g/mol. The van der Waals surface area contributed by atoms with Crippen molar-refractivity contribution < 1.29 is 9.66 Å². The van der Waals surface area contributed by atoms with Crippen LogP contribution in [0.2, 0.25) is 0 Å². The Bertz CT molecular complexity index is 464. The lowest BCUT2D eigenvalue weighted by atomic mass is 9.84. The zero-order valence-electron chi connectivity index (χ0n) is 11.0. The van der Waals surface area contributed by atoms with Crippen LogP contribution < -0.4 is 4.74 Å². The fourth-order valence-corrected chi connectivity index (χ4v) is 3.48. The molecule has 0 heterocycles. The molecule has 1 aliphatic rings. The summed E-state index contributed by atoms with van der Waals surface area (Å²) < 4.78 is 5.02. The molecule has 1 fully saturated rings. The first-order valence-electron chi connectivity index (χ1n) is 6.57. The number of rotatable bonds is 4. The molecule has 0 spiro atoms. The molecule has 1 saturated carbocycles. The minimum atomic E-state index is -0.380. The maximum atomic E-state index is 11.0. The van der Waals surface area contributed by atoms with Crippen molar-refractivity contribution in [2.24, 2.45) is 5.92 Å². The van der Waals surface area contributed by atoms with Crippen LogP contribution in [0.5, 0.6) is 5.75 Å². The molecule has 0 aromatic heterocycles. The number of alkyl halides is 1. The topological polar surface area (TPSA) is 52.4 Å². The molecule has 5 heteroatoms. The normalized spacial score (nSPS) is 23.1. The van der Waals surface area contributed by atoms with Crippen LogP contribution in [0.1, 0.15) is 31.2 Å². The third-order valence-electron chi connectivity index (χ3n) is 3.75. The van der Waals surface area contributed by atoms with Gasteiger partial charge in [-0.15, -0.1) is 0 Å². The Morgan fingerprint density at radius 3 is 2.79 bits per heavy atom. The fraction of sp³-hybridized carbons (Fsp3) is 0.571. The van der Waals surface area contributed by atoms with Crippen molar-refractivity contribution in [1.29, 1.82) is 0 Å². The second-order valence-electron chi connectivity index (χ2n) is 5.03. The lowest BCUT2D eigenvalue weighted by Crippen LogP contribution is -2.21. The number of nitro benzene ring substituents is 1. The largest absolute Gasteiger partial charge is 0.490 e. The van der Waals surface area contributed by atoms with Crippen LogP contribution in [0.15, 0.2) is 18.2 Å². The Hall–Kier alpha value is -1.10. The molecular weight excluding hydrogens is 310 g/mol. The van der Waals surface area contributed by atoms with Crippen molar-refractivity contribution in [2.75, 3.05) is 7.11 Å². The number of hydrogen-bond donors (Lipinski definition) is 0. The highest BCUT2D eigenvalue weighted by atomic mass is 79.9. The molecule has 19 heavy (non-hydrogen) atoms. The molecule has 104 valence electrons. The summed E-state index contributed by atoms with van der Waals surface area (Å²) in [7, 11) is 1.46. The summed E-state index contributed by atoms with van der Waals surface area (Å²) in [5.41, 5.74) is 1.07. The number of nitrogens with zero attached hydrogens (tertiary/aromatic N) is 1. The zero-order chi connectivity index (χ0) is 13.8. The fourth-order valence-electron chi connectivity index (χ4n) is 2.70. The van der Waals surface area contributed by atoms with Gasteiger partial charge in [-0.1, -0.05) is 34.8 Å². The van der Waals surface area contributed by atoms with E-state index >= 15 is 0 Å². The van der Waals surface area contributed by atoms with Gasteiger partial charge in [0.1, 0.15) is 0 Å². The van der Waals surface area contributed by atoms with Gasteiger partial charge in [-0.05, 0) is 36.8 Å². The average Bonchev–Trinajstić information content (AvgIpc) is 2.41. The molecular formula is C14H18BrNO3. The lowest BCUT2D eigenvalue weighted by Gasteiger charge is -2.27. The van der Waals surface area contributed by atoms with Crippen LogP contribution in [0.3, 0.4) is 0 Å². The molecule has 0 N–H and O–H groups in total. The number of methoxy groups -OCH3 is 1. The molecule has 2 rings (SSSR count). The van der Waals surface area contributed by atoms with E-state index in [0.29, 0.717) is 16.5 Å². The van der Waals surface area contributed by atoms with Crippen LogP contribution in [0, 0.1) is 16.0 Å². The number of ether oxygens (including phenoxy) is 1. The highest BCUT2D eigenvalue weighted by Crippen LogP contribution is 2.34. The number of benzene rings is 1. The highest BCUT2D eigenvalue weighted by molar-refractivity contribution is 9.09. The van der Waals surface area contributed by atoms with E-state index in [4.69, 9.17) is 4.74 Å². The molecule has 1 aliphatic carbocycles. The van der Waals surface area contributed by atoms with Gasteiger partial charge in [0.05, 0.1) is 12.0 Å². The molecule has 1 aromatic rings. The van der Waals surface area contributed by atoms with Crippen molar-refractivity contribution in [2.45, 2.75) is 36.9 Å². The Balaban J connectivity index is 2.16. The first-order valence-corrected chi connectivity index (χ1v) is 7.48. The summed E-state index contributed by atoms with van der Waals surface area (Å²) in [5.74, 6) is 0.898. The Kier molecular flexibility index (Phi) is 4.80. The predicted octanol–water partition coefficient (Wildman–Crippen LogP) is 4.10. The van der Waals surface area contributed by atoms with E-state index in [1.165, 1.54) is 32.8 Å².